The van der Waals surface area contributed by atoms with Crippen molar-refractivity contribution < 1.29 is 22.8 Å². The van der Waals surface area contributed by atoms with E-state index in [2.05, 4.69) is 16.0 Å². The first-order chi connectivity index (χ1) is 9.81. The molecule has 0 aromatic heterocycles. The van der Waals surface area contributed by atoms with Crippen LogP contribution in [0.25, 0.3) is 0 Å². The molecule has 8 heteroatoms. The summed E-state index contributed by atoms with van der Waals surface area (Å²) in [4.78, 5) is 23.0. The molecule has 0 saturated carbocycles. The predicted molar refractivity (Wildman–Crippen MR) is 72.0 cm³/mol. The van der Waals surface area contributed by atoms with Gasteiger partial charge in [-0.2, -0.15) is 13.2 Å². The van der Waals surface area contributed by atoms with Crippen molar-refractivity contribution in [1.29, 1.82) is 0 Å². The Labute approximate surface area is 119 Å². The van der Waals surface area contributed by atoms with Gasteiger partial charge in [-0.25, -0.2) is 0 Å². The lowest BCUT2D eigenvalue weighted by Crippen LogP contribution is -2.35. The third-order valence-electron chi connectivity index (χ3n) is 2.66. The molecule has 0 atom stereocenters. The van der Waals surface area contributed by atoms with Crippen LogP contribution in [0.15, 0.2) is 18.2 Å². The van der Waals surface area contributed by atoms with E-state index in [1.807, 2.05) is 0 Å². The number of halogens is 3. The van der Waals surface area contributed by atoms with Crippen molar-refractivity contribution in [3.8, 4) is 0 Å². The van der Waals surface area contributed by atoms with Gasteiger partial charge in [-0.15, -0.1) is 0 Å². The molecule has 0 bridgehead atoms. The van der Waals surface area contributed by atoms with E-state index >= 15 is 0 Å². The Balaban J connectivity index is 3.11. The third-order valence-corrected chi connectivity index (χ3v) is 2.66. The Morgan fingerprint density at radius 3 is 2.43 bits per heavy atom. The largest absolute Gasteiger partial charge is 0.418 e. The molecule has 0 aliphatic rings. The summed E-state index contributed by atoms with van der Waals surface area (Å²) in [5.74, 6) is -1.19. The third kappa shape index (κ3) is 4.37. The zero-order chi connectivity index (χ0) is 16.0. The van der Waals surface area contributed by atoms with Gasteiger partial charge in [0.15, 0.2) is 0 Å². The molecule has 0 spiro atoms. The average Bonchev–Trinajstić information content (AvgIpc) is 2.43. The number of likely N-dealkylation sites (N-methyl/N-ethyl adjacent to an activating group) is 1. The predicted octanol–water partition coefficient (Wildman–Crippen LogP) is 1.61. The van der Waals surface area contributed by atoms with E-state index in [9.17, 15) is 22.8 Å². The lowest BCUT2D eigenvalue weighted by atomic mass is 10.1. The summed E-state index contributed by atoms with van der Waals surface area (Å²) in [6.07, 6.45) is -4.57. The number of carbonyl (C=O) groups is 2. The maximum absolute atomic E-state index is 12.9. The summed E-state index contributed by atoms with van der Waals surface area (Å²) in [6.45, 7) is 1.54. The van der Waals surface area contributed by atoms with Crippen LogP contribution in [-0.4, -0.2) is 32.0 Å². The molecule has 0 aliphatic heterocycles. The zero-order valence-corrected chi connectivity index (χ0v) is 11.6. The van der Waals surface area contributed by atoms with E-state index in [1.54, 1.807) is 6.92 Å². The molecule has 1 rings (SSSR count). The molecule has 0 heterocycles. The Kier molecular flexibility index (Phi) is 5.57. The summed E-state index contributed by atoms with van der Waals surface area (Å²) >= 11 is 0. The molecule has 5 nitrogen and oxygen atoms in total. The van der Waals surface area contributed by atoms with Crippen molar-refractivity contribution in [3.63, 3.8) is 0 Å². The highest BCUT2D eigenvalue weighted by Gasteiger charge is 2.35. The van der Waals surface area contributed by atoms with Gasteiger partial charge in [0.2, 0.25) is 5.91 Å². The van der Waals surface area contributed by atoms with Crippen LogP contribution in [0.1, 0.15) is 22.8 Å². The molecular weight excluding hydrogens is 287 g/mol. The molecule has 0 fully saturated rings. The van der Waals surface area contributed by atoms with Gasteiger partial charge in [0.25, 0.3) is 5.91 Å². The van der Waals surface area contributed by atoms with Crippen LogP contribution in [0.3, 0.4) is 0 Å². The quantitative estimate of drug-likeness (QED) is 0.774. The minimum atomic E-state index is -4.57. The van der Waals surface area contributed by atoms with Crippen molar-refractivity contribution in [2.75, 3.05) is 25.5 Å². The van der Waals surface area contributed by atoms with Crippen LogP contribution in [0, 0.1) is 0 Å². The number of para-hydroxylation sites is 1. The van der Waals surface area contributed by atoms with E-state index in [1.165, 1.54) is 13.1 Å². The Morgan fingerprint density at radius 2 is 1.90 bits per heavy atom. The molecule has 0 radical (unpaired) electrons. The van der Waals surface area contributed by atoms with Gasteiger partial charge in [-0.05, 0) is 19.1 Å². The normalized spacial score (nSPS) is 10.9. The highest BCUT2D eigenvalue weighted by Crippen LogP contribution is 2.36. The number of anilines is 1. The molecule has 1 aromatic carbocycles. The van der Waals surface area contributed by atoms with Crippen LogP contribution < -0.4 is 16.0 Å². The maximum atomic E-state index is 12.9. The number of hydrogen-bond donors (Lipinski definition) is 3. The summed E-state index contributed by atoms with van der Waals surface area (Å²) in [5.41, 5.74) is -1.37. The number of carbonyl (C=O) groups excluding carboxylic acids is 2. The fourth-order valence-corrected chi connectivity index (χ4v) is 1.69. The number of nitrogens with one attached hydrogen (secondary N) is 3. The van der Waals surface area contributed by atoms with E-state index in [0.29, 0.717) is 0 Å². The summed E-state index contributed by atoms with van der Waals surface area (Å²) in [5, 5.41) is 7.12. The molecule has 2 amide bonds. The van der Waals surface area contributed by atoms with Gasteiger partial charge >= 0.3 is 6.18 Å². The van der Waals surface area contributed by atoms with Gasteiger partial charge in [0.1, 0.15) is 0 Å². The second-order valence-corrected chi connectivity index (χ2v) is 4.11. The molecule has 0 unspecified atom stereocenters. The van der Waals surface area contributed by atoms with E-state index in [0.717, 1.165) is 12.1 Å². The first-order valence-electron chi connectivity index (χ1n) is 6.24. The highest BCUT2D eigenvalue weighted by atomic mass is 19.4. The lowest BCUT2D eigenvalue weighted by molar-refractivity contribution is -0.137. The SMILES string of the molecule is CCNc1c(C(=O)NCC(=O)NC)cccc1C(F)(F)F. The summed E-state index contributed by atoms with van der Waals surface area (Å²) in [6, 6.07) is 3.32. The first kappa shape index (κ1) is 16.8. The van der Waals surface area contributed by atoms with Crippen LogP contribution in [0.5, 0.6) is 0 Å². The number of benzene rings is 1. The number of amides is 2. The molecule has 1 aromatic rings. The molecule has 0 saturated heterocycles. The standard InChI is InChI=1S/C13H16F3N3O2/c1-3-18-11-8(12(21)19-7-10(20)17-2)5-4-6-9(11)13(14,15)16/h4-6,18H,3,7H2,1-2H3,(H,17,20)(H,19,21). The highest BCUT2D eigenvalue weighted by molar-refractivity contribution is 6.01. The summed E-state index contributed by atoms with van der Waals surface area (Å²) < 4.78 is 38.8. The molecule has 21 heavy (non-hydrogen) atoms. The first-order valence-corrected chi connectivity index (χ1v) is 6.24. The van der Waals surface area contributed by atoms with E-state index < -0.39 is 23.6 Å². The lowest BCUT2D eigenvalue weighted by Gasteiger charge is -2.17. The smallest absolute Gasteiger partial charge is 0.384 e. The average molecular weight is 303 g/mol. The second kappa shape index (κ2) is 6.96. The fraction of sp³-hybridized carbons (Fsp3) is 0.385. The minimum Gasteiger partial charge on any atom is -0.384 e. The number of alkyl halides is 3. The van der Waals surface area contributed by atoms with E-state index in [-0.39, 0.29) is 24.3 Å². The van der Waals surface area contributed by atoms with Crippen molar-refractivity contribution in [2.24, 2.45) is 0 Å². The van der Waals surface area contributed by atoms with Crippen LogP contribution >= 0.6 is 0 Å². The van der Waals surface area contributed by atoms with E-state index in [4.69, 9.17) is 0 Å². The van der Waals surface area contributed by atoms with Gasteiger partial charge in [0, 0.05) is 13.6 Å². The topological polar surface area (TPSA) is 70.2 Å². The Bertz CT molecular complexity index is 530. The zero-order valence-electron chi connectivity index (χ0n) is 11.6. The summed E-state index contributed by atoms with van der Waals surface area (Å²) in [7, 11) is 1.39. The van der Waals surface area contributed by atoms with Crippen molar-refractivity contribution >= 4 is 17.5 Å². The van der Waals surface area contributed by atoms with Gasteiger partial charge in [0.05, 0.1) is 23.4 Å². The molecule has 3 N–H and O–H groups in total. The monoisotopic (exact) mass is 303 g/mol. The van der Waals surface area contributed by atoms with Crippen LogP contribution in [-0.2, 0) is 11.0 Å². The van der Waals surface area contributed by atoms with Crippen LogP contribution in [0.2, 0.25) is 0 Å². The minimum absolute atomic E-state index is 0.157. The van der Waals surface area contributed by atoms with Crippen molar-refractivity contribution in [1.82, 2.24) is 10.6 Å². The second-order valence-electron chi connectivity index (χ2n) is 4.11. The Hall–Kier alpha value is -2.25. The van der Waals surface area contributed by atoms with Gasteiger partial charge in [-0.1, -0.05) is 6.07 Å². The number of hydrogen-bond acceptors (Lipinski definition) is 3. The fourth-order valence-electron chi connectivity index (χ4n) is 1.69. The van der Waals surface area contributed by atoms with Crippen molar-refractivity contribution in [2.45, 2.75) is 13.1 Å². The van der Waals surface area contributed by atoms with Gasteiger partial charge < -0.3 is 16.0 Å². The Morgan fingerprint density at radius 1 is 1.24 bits per heavy atom. The van der Waals surface area contributed by atoms with Crippen molar-refractivity contribution in [3.05, 3.63) is 29.3 Å². The molecular formula is C13H16F3N3O2. The number of rotatable bonds is 5. The molecule has 116 valence electrons. The molecule has 0 aliphatic carbocycles. The maximum Gasteiger partial charge on any atom is 0.418 e. The van der Waals surface area contributed by atoms with Gasteiger partial charge in [-0.3, -0.25) is 9.59 Å². The van der Waals surface area contributed by atoms with Crippen LogP contribution in [0.4, 0.5) is 18.9 Å².